The minimum absolute atomic E-state index is 0.310. The maximum absolute atomic E-state index is 10.8. The van der Waals surface area contributed by atoms with Gasteiger partial charge in [-0.15, -0.1) is 0 Å². The molecule has 1 rings (SSSR count). The number of aliphatic hydroxyl groups is 4. The zero-order valence-corrected chi connectivity index (χ0v) is 9.51. The van der Waals surface area contributed by atoms with Crippen molar-refractivity contribution in [2.75, 3.05) is 6.54 Å². The molecule has 18 heavy (non-hydrogen) atoms. The Kier molecular flexibility index (Phi) is 4.61. The van der Waals surface area contributed by atoms with E-state index in [1.54, 1.807) is 0 Å². The van der Waals surface area contributed by atoms with E-state index >= 15 is 0 Å². The lowest BCUT2D eigenvalue weighted by atomic mass is 9.89. The first-order chi connectivity index (χ1) is 8.23. The Bertz CT molecular complexity index is 315. The van der Waals surface area contributed by atoms with Crippen molar-refractivity contribution in [2.24, 2.45) is 11.5 Å². The van der Waals surface area contributed by atoms with Crippen LogP contribution in [0.1, 0.15) is 6.42 Å². The van der Waals surface area contributed by atoms with Crippen LogP contribution in [0, 0.1) is 0 Å². The van der Waals surface area contributed by atoms with E-state index in [0.29, 0.717) is 0 Å². The highest BCUT2D eigenvalue weighted by Gasteiger charge is 2.52. The average Bonchev–Trinajstić information content (AvgIpc) is 2.31. The number of hydrogen-bond donors (Lipinski definition) is 7. The number of rotatable bonds is 4. The van der Waals surface area contributed by atoms with Gasteiger partial charge in [0.2, 0.25) is 0 Å². The summed E-state index contributed by atoms with van der Waals surface area (Å²) in [5.74, 6) is -4.37. The summed E-state index contributed by atoms with van der Waals surface area (Å²) in [4.78, 5) is 10.8. The standard InChI is InChI=1S/C9H18N2O7/c10-2-4(13)6(14)7-5(11)3(12)1-9(17,18-7)8(15)16/h3-7,12-14,17H,1-2,10-11H2,(H,15,16)/t3-,4-,5-,6-,7?,9?/m1/s1. The largest absolute Gasteiger partial charge is 0.477 e. The fraction of sp³-hybridized carbons (Fsp3) is 0.889. The molecule has 9 heteroatoms. The molecule has 0 spiro atoms. The van der Waals surface area contributed by atoms with E-state index in [4.69, 9.17) is 21.3 Å². The van der Waals surface area contributed by atoms with E-state index in [-0.39, 0.29) is 6.54 Å². The fourth-order valence-electron chi connectivity index (χ4n) is 1.78. The van der Waals surface area contributed by atoms with E-state index in [2.05, 4.69) is 0 Å². The highest BCUT2D eigenvalue weighted by Crippen LogP contribution is 2.29. The third kappa shape index (κ3) is 2.78. The monoisotopic (exact) mass is 266 g/mol. The van der Waals surface area contributed by atoms with E-state index in [0.717, 1.165) is 0 Å². The zero-order chi connectivity index (χ0) is 14.1. The van der Waals surface area contributed by atoms with Gasteiger partial charge in [0.25, 0.3) is 5.79 Å². The number of aliphatic carboxylic acids is 1. The molecule has 0 radical (unpaired) electrons. The Hall–Kier alpha value is -0.810. The lowest BCUT2D eigenvalue weighted by Gasteiger charge is -2.43. The van der Waals surface area contributed by atoms with Crippen LogP contribution < -0.4 is 11.5 Å². The summed E-state index contributed by atoms with van der Waals surface area (Å²) in [6, 6.07) is -1.15. The summed E-state index contributed by atoms with van der Waals surface area (Å²) in [5, 5.41) is 47.1. The molecule has 0 saturated carbocycles. The van der Waals surface area contributed by atoms with Gasteiger partial charge in [-0.05, 0) is 0 Å². The topological polar surface area (TPSA) is 179 Å². The summed E-state index contributed by atoms with van der Waals surface area (Å²) >= 11 is 0. The van der Waals surface area contributed by atoms with Gasteiger partial charge in [0.05, 0.1) is 18.2 Å². The zero-order valence-electron chi connectivity index (χ0n) is 9.51. The first kappa shape index (κ1) is 15.2. The number of hydrogen-bond acceptors (Lipinski definition) is 8. The average molecular weight is 266 g/mol. The molecule has 0 aromatic carbocycles. The van der Waals surface area contributed by atoms with Crippen molar-refractivity contribution in [1.29, 1.82) is 0 Å². The van der Waals surface area contributed by atoms with Crippen LogP contribution in [0.15, 0.2) is 0 Å². The highest BCUT2D eigenvalue weighted by atomic mass is 16.7. The molecule has 0 amide bonds. The Morgan fingerprint density at radius 2 is 2.06 bits per heavy atom. The quantitative estimate of drug-likeness (QED) is 0.266. The molecule has 9 N–H and O–H groups in total. The SMILES string of the molecule is NC[C@@H](O)[C@@H](O)C1OC(O)(C(=O)O)C[C@@H](O)[C@H]1N. The van der Waals surface area contributed by atoms with Gasteiger partial charge in [0.15, 0.2) is 0 Å². The fourth-order valence-corrected chi connectivity index (χ4v) is 1.78. The third-order valence-corrected chi connectivity index (χ3v) is 2.95. The minimum Gasteiger partial charge on any atom is -0.477 e. The normalized spacial score (nSPS) is 40.2. The summed E-state index contributed by atoms with van der Waals surface area (Å²) in [6.45, 7) is -0.310. The molecule has 0 aromatic rings. The summed E-state index contributed by atoms with van der Waals surface area (Å²) in [6.07, 6.45) is -6.51. The van der Waals surface area contributed by atoms with Crippen LogP contribution >= 0.6 is 0 Å². The number of ether oxygens (including phenoxy) is 1. The maximum atomic E-state index is 10.8. The van der Waals surface area contributed by atoms with Gasteiger partial charge in [-0.1, -0.05) is 0 Å². The summed E-state index contributed by atoms with van der Waals surface area (Å²) in [5.41, 5.74) is 10.7. The van der Waals surface area contributed by atoms with Gasteiger partial charge in [-0.3, -0.25) is 0 Å². The Labute approximate surface area is 103 Å². The van der Waals surface area contributed by atoms with Crippen LogP contribution in [-0.4, -0.2) is 74.3 Å². The Morgan fingerprint density at radius 3 is 2.50 bits per heavy atom. The molecule has 1 heterocycles. The third-order valence-electron chi connectivity index (χ3n) is 2.95. The smallest absolute Gasteiger partial charge is 0.364 e. The van der Waals surface area contributed by atoms with E-state index < -0.39 is 48.6 Å². The van der Waals surface area contributed by atoms with Gasteiger partial charge in [0.1, 0.15) is 12.2 Å². The van der Waals surface area contributed by atoms with Crippen LogP contribution in [0.5, 0.6) is 0 Å². The molecular formula is C9H18N2O7. The summed E-state index contributed by atoms with van der Waals surface area (Å²) < 4.78 is 4.81. The van der Waals surface area contributed by atoms with E-state index in [9.17, 15) is 25.2 Å². The Balaban J connectivity index is 2.92. The molecule has 9 nitrogen and oxygen atoms in total. The van der Waals surface area contributed by atoms with Crippen LogP contribution in [0.4, 0.5) is 0 Å². The van der Waals surface area contributed by atoms with Crippen molar-refractivity contribution in [2.45, 2.75) is 42.7 Å². The second kappa shape index (κ2) is 5.45. The first-order valence-electron chi connectivity index (χ1n) is 5.36. The predicted molar refractivity (Wildman–Crippen MR) is 57.1 cm³/mol. The molecular weight excluding hydrogens is 248 g/mol. The van der Waals surface area contributed by atoms with E-state index in [1.807, 2.05) is 0 Å². The lowest BCUT2D eigenvalue weighted by molar-refractivity contribution is -0.291. The molecule has 2 unspecified atom stereocenters. The van der Waals surface area contributed by atoms with Gasteiger partial charge < -0.3 is 41.7 Å². The van der Waals surface area contributed by atoms with Gasteiger partial charge in [-0.25, -0.2) is 4.79 Å². The number of carboxylic acid groups (broad SMARTS) is 1. The molecule has 1 aliphatic rings. The lowest BCUT2D eigenvalue weighted by Crippen LogP contribution is -2.65. The van der Waals surface area contributed by atoms with Crippen LogP contribution in [0.25, 0.3) is 0 Å². The van der Waals surface area contributed by atoms with Gasteiger partial charge in [0, 0.05) is 13.0 Å². The molecule has 0 aromatic heterocycles. The second-order valence-corrected chi connectivity index (χ2v) is 4.31. The molecule has 1 aliphatic heterocycles. The van der Waals surface area contributed by atoms with Crippen molar-refractivity contribution in [3.8, 4) is 0 Å². The Morgan fingerprint density at radius 1 is 1.50 bits per heavy atom. The highest BCUT2D eigenvalue weighted by molar-refractivity contribution is 5.75. The maximum Gasteiger partial charge on any atom is 0.364 e. The van der Waals surface area contributed by atoms with Crippen LogP contribution in [0.3, 0.4) is 0 Å². The van der Waals surface area contributed by atoms with E-state index in [1.165, 1.54) is 0 Å². The number of carboxylic acids is 1. The minimum atomic E-state index is -2.66. The van der Waals surface area contributed by atoms with Crippen LogP contribution in [-0.2, 0) is 9.53 Å². The number of nitrogens with two attached hydrogens (primary N) is 2. The van der Waals surface area contributed by atoms with Crippen molar-refractivity contribution in [3.63, 3.8) is 0 Å². The van der Waals surface area contributed by atoms with Crippen molar-refractivity contribution < 1.29 is 35.1 Å². The predicted octanol–water partition coefficient (Wildman–Crippen LogP) is -4.08. The van der Waals surface area contributed by atoms with Gasteiger partial charge >= 0.3 is 5.97 Å². The molecule has 0 bridgehead atoms. The molecule has 6 atom stereocenters. The number of carbonyl (C=O) groups is 1. The van der Waals surface area contributed by atoms with Gasteiger partial charge in [-0.2, -0.15) is 0 Å². The summed E-state index contributed by atoms with van der Waals surface area (Å²) in [7, 11) is 0. The molecule has 106 valence electrons. The van der Waals surface area contributed by atoms with Crippen molar-refractivity contribution in [1.82, 2.24) is 0 Å². The second-order valence-electron chi connectivity index (χ2n) is 4.31. The molecule has 1 fully saturated rings. The van der Waals surface area contributed by atoms with Crippen LogP contribution in [0.2, 0.25) is 0 Å². The first-order valence-corrected chi connectivity index (χ1v) is 5.36. The van der Waals surface area contributed by atoms with Crippen molar-refractivity contribution in [3.05, 3.63) is 0 Å². The van der Waals surface area contributed by atoms with Crippen molar-refractivity contribution >= 4 is 5.97 Å². The number of aliphatic hydroxyl groups excluding tert-OH is 3. The molecule has 0 aliphatic carbocycles. The molecule has 1 saturated heterocycles.